The van der Waals surface area contributed by atoms with E-state index in [1.54, 1.807) is 0 Å². The molecule has 0 heterocycles. The van der Waals surface area contributed by atoms with Crippen LogP contribution in [0, 0.1) is 0 Å². The molecule has 0 saturated carbocycles. The normalized spacial score (nSPS) is 10.7. The van der Waals surface area contributed by atoms with Gasteiger partial charge in [0.2, 0.25) is 0 Å². The van der Waals surface area contributed by atoms with Crippen LogP contribution in [0.3, 0.4) is 0 Å². The molecule has 0 bridgehead atoms. The molecular formula is C18H31NO3. The van der Waals surface area contributed by atoms with Crippen LogP contribution in [0.15, 0.2) is 18.2 Å². The van der Waals surface area contributed by atoms with Crippen LogP contribution in [-0.2, 0) is 11.3 Å². The Morgan fingerprint density at radius 2 is 1.64 bits per heavy atom. The fourth-order valence-corrected chi connectivity index (χ4v) is 2.09. The zero-order chi connectivity index (χ0) is 16.0. The van der Waals surface area contributed by atoms with Crippen molar-refractivity contribution in [3.8, 4) is 11.5 Å². The van der Waals surface area contributed by atoms with Gasteiger partial charge in [0.1, 0.15) is 0 Å². The second kappa shape index (κ2) is 12.3. The maximum absolute atomic E-state index is 5.64. The molecule has 0 fully saturated rings. The lowest BCUT2D eigenvalue weighted by molar-refractivity contribution is 0.129. The number of nitrogens with one attached hydrogen (secondary N) is 1. The molecule has 0 aromatic heterocycles. The van der Waals surface area contributed by atoms with Crippen molar-refractivity contribution in [3.63, 3.8) is 0 Å². The highest BCUT2D eigenvalue weighted by atomic mass is 16.5. The molecule has 0 spiro atoms. The minimum atomic E-state index is 0.645. The third-order valence-electron chi connectivity index (χ3n) is 3.22. The third-order valence-corrected chi connectivity index (χ3v) is 3.22. The van der Waals surface area contributed by atoms with Crippen LogP contribution in [0.2, 0.25) is 0 Å². The van der Waals surface area contributed by atoms with Gasteiger partial charge < -0.3 is 19.5 Å². The molecule has 126 valence electrons. The molecule has 4 heteroatoms. The van der Waals surface area contributed by atoms with Crippen molar-refractivity contribution in [3.05, 3.63) is 23.8 Å². The van der Waals surface area contributed by atoms with Gasteiger partial charge in [0.25, 0.3) is 0 Å². The number of hydrogen-bond donors (Lipinski definition) is 1. The number of benzene rings is 1. The summed E-state index contributed by atoms with van der Waals surface area (Å²) in [5, 5.41) is 3.44. The molecule has 22 heavy (non-hydrogen) atoms. The molecule has 4 nitrogen and oxygen atoms in total. The first-order chi connectivity index (χ1) is 10.8. The molecule has 0 radical (unpaired) electrons. The summed E-state index contributed by atoms with van der Waals surface area (Å²) in [4.78, 5) is 0. The van der Waals surface area contributed by atoms with Gasteiger partial charge in [0.05, 0.1) is 13.2 Å². The molecular weight excluding hydrogens is 278 g/mol. The van der Waals surface area contributed by atoms with Gasteiger partial charge in [-0.3, -0.25) is 0 Å². The minimum absolute atomic E-state index is 0.645. The number of unbranched alkanes of at least 4 members (excludes halogenated alkanes) is 1. The topological polar surface area (TPSA) is 39.7 Å². The van der Waals surface area contributed by atoms with Crippen LogP contribution < -0.4 is 14.8 Å². The summed E-state index contributed by atoms with van der Waals surface area (Å²) in [5.41, 5.74) is 1.21. The van der Waals surface area contributed by atoms with Crippen LogP contribution in [0.4, 0.5) is 0 Å². The summed E-state index contributed by atoms with van der Waals surface area (Å²) in [5.74, 6) is 1.64. The summed E-state index contributed by atoms with van der Waals surface area (Å²) >= 11 is 0. The van der Waals surface area contributed by atoms with Gasteiger partial charge in [-0.05, 0) is 50.9 Å². The molecule has 0 amide bonds. The Labute approximate surface area is 135 Å². The standard InChI is InChI=1S/C18H31NO3/c1-4-7-12-20-13-8-11-19-15-16-9-10-17(21-5-2)18(14-16)22-6-3/h9-10,14,19H,4-8,11-13,15H2,1-3H3. The Kier molecular flexibility index (Phi) is 10.5. The van der Waals surface area contributed by atoms with E-state index in [4.69, 9.17) is 14.2 Å². The van der Waals surface area contributed by atoms with E-state index in [0.29, 0.717) is 13.2 Å². The Morgan fingerprint density at radius 3 is 2.36 bits per heavy atom. The number of hydrogen-bond acceptors (Lipinski definition) is 4. The average Bonchev–Trinajstić information content (AvgIpc) is 2.53. The van der Waals surface area contributed by atoms with E-state index in [-0.39, 0.29) is 0 Å². The molecule has 0 aliphatic carbocycles. The Bertz CT molecular complexity index is 396. The fourth-order valence-electron chi connectivity index (χ4n) is 2.09. The largest absolute Gasteiger partial charge is 0.490 e. The molecule has 0 atom stereocenters. The molecule has 1 rings (SSSR count). The van der Waals surface area contributed by atoms with E-state index < -0.39 is 0 Å². The van der Waals surface area contributed by atoms with Gasteiger partial charge in [-0.1, -0.05) is 19.4 Å². The molecule has 0 aliphatic heterocycles. The lowest BCUT2D eigenvalue weighted by atomic mass is 10.2. The van der Waals surface area contributed by atoms with Crippen molar-refractivity contribution < 1.29 is 14.2 Å². The number of rotatable bonds is 13. The lowest BCUT2D eigenvalue weighted by Crippen LogP contribution is -2.16. The summed E-state index contributed by atoms with van der Waals surface area (Å²) < 4.78 is 16.8. The number of ether oxygens (including phenoxy) is 3. The van der Waals surface area contributed by atoms with Gasteiger partial charge in [0, 0.05) is 19.8 Å². The Balaban J connectivity index is 2.29. The smallest absolute Gasteiger partial charge is 0.161 e. The maximum Gasteiger partial charge on any atom is 0.161 e. The highest BCUT2D eigenvalue weighted by Crippen LogP contribution is 2.28. The predicted octanol–water partition coefficient (Wildman–Crippen LogP) is 3.78. The molecule has 1 aromatic rings. The van der Waals surface area contributed by atoms with E-state index >= 15 is 0 Å². The van der Waals surface area contributed by atoms with Crippen LogP contribution in [0.5, 0.6) is 11.5 Å². The highest BCUT2D eigenvalue weighted by molar-refractivity contribution is 5.43. The molecule has 0 saturated heterocycles. The van der Waals surface area contributed by atoms with Crippen LogP contribution in [-0.4, -0.2) is 33.0 Å². The van der Waals surface area contributed by atoms with Gasteiger partial charge in [-0.25, -0.2) is 0 Å². The molecule has 1 aromatic carbocycles. The van der Waals surface area contributed by atoms with Crippen LogP contribution in [0.25, 0.3) is 0 Å². The second-order valence-electron chi connectivity index (χ2n) is 5.14. The van der Waals surface area contributed by atoms with Gasteiger partial charge in [-0.2, -0.15) is 0 Å². The van der Waals surface area contributed by atoms with E-state index in [2.05, 4.69) is 24.4 Å². The SMILES string of the molecule is CCCCOCCCNCc1ccc(OCC)c(OCC)c1. The zero-order valence-corrected chi connectivity index (χ0v) is 14.3. The van der Waals surface area contributed by atoms with Crippen molar-refractivity contribution in [1.29, 1.82) is 0 Å². The van der Waals surface area contributed by atoms with Crippen molar-refractivity contribution in [2.75, 3.05) is 33.0 Å². The zero-order valence-electron chi connectivity index (χ0n) is 14.3. The highest BCUT2D eigenvalue weighted by Gasteiger charge is 2.05. The quantitative estimate of drug-likeness (QED) is 0.563. The van der Waals surface area contributed by atoms with E-state index in [1.807, 2.05) is 19.9 Å². The molecule has 1 N–H and O–H groups in total. The predicted molar refractivity (Wildman–Crippen MR) is 90.8 cm³/mol. The Hall–Kier alpha value is -1.26. The summed E-state index contributed by atoms with van der Waals surface area (Å²) in [6.45, 7) is 10.9. The summed E-state index contributed by atoms with van der Waals surface area (Å²) in [6, 6.07) is 6.12. The van der Waals surface area contributed by atoms with E-state index in [1.165, 1.54) is 12.0 Å². The first-order valence-corrected chi connectivity index (χ1v) is 8.48. The molecule has 0 aliphatic rings. The first-order valence-electron chi connectivity index (χ1n) is 8.48. The van der Waals surface area contributed by atoms with Gasteiger partial charge in [0.15, 0.2) is 11.5 Å². The monoisotopic (exact) mass is 309 g/mol. The summed E-state index contributed by atoms with van der Waals surface area (Å²) in [6.07, 6.45) is 3.39. The lowest BCUT2D eigenvalue weighted by Gasteiger charge is -2.13. The minimum Gasteiger partial charge on any atom is -0.490 e. The Morgan fingerprint density at radius 1 is 0.909 bits per heavy atom. The van der Waals surface area contributed by atoms with Crippen molar-refractivity contribution in [2.24, 2.45) is 0 Å². The average molecular weight is 309 g/mol. The maximum atomic E-state index is 5.64. The van der Waals surface area contributed by atoms with Gasteiger partial charge in [-0.15, -0.1) is 0 Å². The van der Waals surface area contributed by atoms with Gasteiger partial charge >= 0.3 is 0 Å². The second-order valence-corrected chi connectivity index (χ2v) is 5.14. The first kappa shape index (κ1) is 18.8. The fraction of sp³-hybridized carbons (Fsp3) is 0.667. The summed E-state index contributed by atoms with van der Waals surface area (Å²) in [7, 11) is 0. The van der Waals surface area contributed by atoms with E-state index in [0.717, 1.165) is 50.6 Å². The molecule has 0 unspecified atom stereocenters. The van der Waals surface area contributed by atoms with Crippen molar-refractivity contribution in [1.82, 2.24) is 5.32 Å². The van der Waals surface area contributed by atoms with Crippen LogP contribution >= 0.6 is 0 Å². The van der Waals surface area contributed by atoms with Crippen molar-refractivity contribution in [2.45, 2.75) is 46.6 Å². The van der Waals surface area contributed by atoms with Crippen LogP contribution in [0.1, 0.15) is 45.6 Å². The third kappa shape index (κ3) is 7.66. The van der Waals surface area contributed by atoms with E-state index in [9.17, 15) is 0 Å². The van der Waals surface area contributed by atoms with Crippen molar-refractivity contribution >= 4 is 0 Å².